The van der Waals surface area contributed by atoms with Crippen molar-refractivity contribution in [1.82, 2.24) is 19.7 Å². The molecule has 0 saturated heterocycles. The molecule has 0 spiro atoms. The van der Waals surface area contributed by atoms with Crippen LogP contribution in [0.5, 0.6) is 0 Å². The van der Waals surface area contributed by atoms with Crippen molar-refractivity contribution in [1.29, 1.82) is 0 Å². The number of amides is 2. The topological polar surface area (TPSA) is 80.1 Å². The molecule has 0 aliphatic rings. The Labute approximate surface area is 190 Å². The number of carbonyl (C=O) groups is 2. The Kier molecular flexibility index (Phi) is 6.32. The SMILES string of the molecule is CN(C)C(=O)Sc1ccc(NC(=O)c2cn(-c3ccccc3)nc2-c2cccnc2)cc1. The summed E-state index contributed by atoms with van der Waals surface area (Å²) in [4.78, 5) is 31.5. The molecule has 0 aliphatic carbocycles. The van der Waals surface area contributed by atoms with Crippen LogP contribution in [0.15, 0.2) is 90.2 Å². The zero-order valence-corrected chi connectivity index (χ0v) is 18.4. The number of anilines is 1. The van der Waals surface area contributed by atoms with E-state index in [1.807, 2.05) is 42.5 Å². The van der Waals surface area contributed by atoms with E-state index in [0.717, 1.165) is 27.9 Å². The maximum Gasteiger partial charge on any atom is 0.285 e. The summed E-state index contributed by atoms with van der Waals surface area (Å²) in [5.74, 6) is -0.282. The predicted octanol–water partition coefficient (Wildman–Crippen LogP) is 4.96. The van der Waals surface area contributed by atoms with Gasteiger partial charge in [-0.1, -0.05) is 18.2 Å². The molecule has 4 aromatic rings. The molecule has 7 nitrogen and oxygen atoms in total. The normalized spacial score (nSPS) is 10.6. The van der Waals surface area contributed by atoms with Gasteiger partial charge in [-0.15, -0.1) is 0 Å². The lowest BCUT2D eigenvalue weighted by molar-refractivity contribution is 0.102. The Morgan fingerprint density at radius 1 is 0.969 bits per heavy atom. The van der Waals surface area contributed by atoms with Crippen LogP contribution >= 0.6 is 11.8 Å². The minimum Gasteiger partial charge on any atom is -0.339 e. The van der Waals surface area contributed by atoms with Gasteiger partial charge in [-0.25, -0.2) is 4.68 Å². The van der Waals surface area contributed by atoms with Crippen LogP contribution in [0, 0.1) is 0 Å². The maximum absolute atomic E-state index is 13.2. The lowest BCUT2D eigenvalue weighted by atomic mass is 10.1. The molecule has 0 aliphatic heterocycles. The predicted molar refractivity (Wildman–Crippen MR) is 126 cm³/mol. The first-order chi connectivity index (χ1) is 15.5. The molecule has 2 aromatic carbocycles. The number of hydrogen-bond acceptors (Lipinski definition) is 5. The smallest absolute Gasteiger partial charge is 0.285 e. The van der Waals surface area contributed by atoms with E-state index < -0.39 is 0 Å². The fourth-order valence-electron chi connectivity index (χ4n) is 2.97. The van der Waals surface area contributed by atoms with E-state index >= 15 is 0 Å². The summed E-state index contributed by atoms with van der Waals surface area (Å²) in [5, 5.41) is 7.51. The number of rotatable bonds is 5. The first kappa shape index (κ1) is 21.3. The lowest BCUT2D eigenvalue weighted by Crippen LogP contribution is -2.16. The summed E-state index contributed by atoms with van der Waals surface area (Å²) in [7, 11) is 3.42. The van der Waals surface area contributed by atoms with Crippen molar-refractivity contribution in [2.24, 2.45) is 0 Å². The van der Waals surface area contributed by atoms with Gasteiger partial charge in [0.1, 0.15) is 5.69 Å². The monoisotopic (exact) mass is 443 g/mol. The van der Waals surface area contributed by atoms with Gasteiger partial charge in [-0.3, -0.25) is 14.6 Å². The Hall–Kier alpha value is -3.91. The fraction of sp³-hybridized carbons (Fsp3) is 0.0833. The van der Waals surface area contributed by atoms with Gasteiger partial charge >= 0.3 is 0 Å². The molecule has 0 saturated carbocycles. The zero-order chi connectivity index (χ0) is 22.5. The van der Waals surface area contributed by atoms with Crippen LogP contribution in [0.25, 0.3) is 16.9 Å². The maximum atomic E-state index is 13.2. The summed E-state index contributed by atoms with van der Waals surface area (Å²) < 4.78 is 1.68. The standard InChI is InChI=1S/C24H21N5O2S/c1-28(2)24(31)32-20-12-10-18(11-13-20)26-23(30)21-16-29(19-8-4-3-5-9-19)27-22(21)17-7-6-14-25-15-17/h3-16H,1-2H3,(H,26,30). The van der Waals surface area contributed by atoms with Crippen molar-refractivity contribution >= 4 is 28.6 Å². The molecule has 0 radical (unpaired) electrons. The quantitative estimate of drug-likeness (QED) is 0.441. The third-order valence-electron chi connectivity index (χ3n) is 4.60. The highest BCUT2D eigenvalue weighted by molar-refractivity contribution is 8.13. The van der Waals surface area contributed by atoms with E-state index in [0.29, 0.717) is 16.9 Å². The van der Waals surface area contributed by atoms with E-state index in [4.69, 9.17) is 0 Å². The second-order valence-corrected chi connectivity index (χ2v) is 8.18. The summed E-state index contributed by atoms with van der Waals surface area (Å²) >= 11 is 1.13. The van der Waals surface area contributed by atoms with Crippen LogP contribution in [-0.4, -0.2) is 44.9 Å². The van der Waals surface area contributed by atoms with Gasteiger partial charge in [-0.05, 0) is 60.3 Å². The number of pyridine rings is 1. The number of hydrogen-bond donors (Lipinski definition) is 1. The fourth-order valence-corrected chi connectivity index (χ4v) is 3.62. The highest BCUT2D eigenvalue weighted by Crippen LogP contribution is 2.26. The van der Waals surface area contributed by atoms with Crippen LogP contribution in [0.1, 0.15) is 10.4 Å². The number of aromatic nitrogens is 3. The first-order valence-electron chi connectivity index (χ1n) is 9.87. The van der Waals surface area contributed by atoms with E-state index in [-0.39, 0.29) is 11.1 Å². The summed E-state index contributed by atoms with van der Waals surface area (Å²) in [6, 6.07) is 20.4. The van der Waals surface area contributed by atoms with E-state index in [1.165, 1.54) is 4.90 Å². The Morgan fingerprint density at radius 3 is 2.38 bits per heavy atom. The van der Waals surface area contributed by atoms with E-state index in [2.05, 4.69) is 15.4 Å². The second-order valence-electron chi connectivity index (χ2n) is 7.15. The highest BCUT2D eigenvalue weighted by atomic mass is 32.2. The average Bonchev–Trinajstić information content (AvgIpc) is 3.27. The average molecular weight is 444 g/mol. The molecule has 0 bridgehead atoms. The van der Waals surface area contributed by atoms with Crippen molar-refractivity contribution in [3.8, 4) is 16.9 Å². The molecule has 4 rings (SSSR count). The Morgan fingerprint density at radius 2 is 1.72 bits per heavy atom. The van der Waals surface area contributed by atoms with Gasteiger partial charge in [0.15, 0.2) is 0 Å². The van der Waals surface area contributed by atoms with Crippen molar-refractivity contribution in [2.45, 2.75) is 4.90 Å². The minimum atomic E-state index is -0.282. The third kappa shape index (κ3) is 4.87. The summed E-state index contributed by atoms with van der Waals surface area (Å²) in [5.41, 5.74) is 3.21. The molecule has 160 valence electrons. The molecule has 2 heterocycles. The number of carbonyl (C=O) groups excluding carboxylic acids is 2. The number of nitrogens with zero attached hydrogens (tertiary/aromatic N) is 4. The van der Waals surface area contributed by atoms with Crippen molar-refractivity contribution in [2.75, 3.05) is 19.4 Å². The first-order valence-corrected chi connectivity index (χ1v) is 10.7. The van der Waals surface area contributed by atoms with Gasteiger partial charge in [0.05, 0.1) is 11.3 Å². The second kappa shape index (κ2) is 9.49. The van der Waals surface area contributed by atoms with Gasteiger partial charge in [0, 0.05) is 48.8 Å². The molecular formula is C24H21N5O2S. The van der Waals surface area contributed by atoms with Crippen molar-refractivity contribution in [3.05, 3.63) is 90.9 Å². The number of nitrogens with one attached hydrogen (secondary N) is 1. The van der Waals surface area contributed by atoms with Gasteiger partial charge < -0.3 is 10.2 Å². The van der Waals surface area contributed by atoms with Crippen molar-refractivity contribution in [3.63, 3.8) is 0 Å². The number of para-hydroxylation sites is 1. The molecular weight excluding hydrogens is 422 g/mol. The van der Waals surface area contributed by atoms with Crippen LogP contribution in [0.4, 0.5) is 10.5 Å². The zero-order valence-electron chi connectivity index (χ0n) is 17.6. The highest BCUT2D eigenvalue weighted by Gasteiger charge is 2.19. The molecule has 2 amide bonds. The summed E-state index contributed by atoms with van der Waals surface area (Å²) in [6.07, 6.45) is 5.08. The number of thioether (sulfide) groups is 1. The molecule has 2 aromatic heterocycles. The van der Waals surface area contributed by atoms with E-state index in [9.17, 15) is 9.59 Å². The largest absolute Gasteiger partial charge is 0.339 e. The summed E-state index contributed by atoms with van der Waals surface area (Å²) in [6.45, 7) is 0. The molecule has 32 heavy (non-hydrogen) atoms. The molecule has 0 atom stereocenters. The lowest BCUT2D eigenvalue weighted by Gasteiger charge is -2.10. The van der Waals surface area contributed by atoms with Gasteiger partial charge in [0.2, 0.25) is 0 Å². The van der Waals surface area contributed by atoms with Crippen LogP contribution in [0.2, 0.25) is 0 Å². The van der Waals surface area contributed by atoms with Crippen LogP contribution in [-0.2, 0) is 0 Å². The molecule has 0 fully saturated rings. The van der Waals surface area contributed by atoms with Gasteiger partial charge in [0.25, 0.3) is 11.1 Å². The van der Waals surface area contributed by atoms with Gasteiger partial charge in [-0.2, -0.15) is 5.10 Å². The van der Waals surface area contributed by atoms with Crippen LogP contribution < -0.4 is 5.32 Å². The Balaban J connectivity index is 1.60. The van der Waals surface area contributed by atoms with E-state index in [1.54, 1.807) is 61.6 Å². The molecule has 0 unspecified atom stereocenters. The molecule has 1 N–H and O–H groups in total. The minimum absolute atomic E-state index is 0.0591. The van der Waals surface area contributed by atoms with Crippen LogP contribution in [0.3, 0.4) is 0 Å². The third-order valence-corrected chi connectivity index (χ3v) is 5.64. The molecule has 8 heteroatoms. The Bertz CT molecular complexity index is 1220. The van der Waals surface area contributed by atoms with Crippen molar-refractivity contribution < 1.29 is 9.59 Å². The number of benzene rings is 2.